The average Bonchev–Trinajstić information content (AvgIpc) is 2.97. The molecule has 1 aromatic carbocycles. The van der Waals surface area contributed by atoms with Crippen LogP contribution < -0.4 is 5.32 Å². The van der Waals surface area contributed by atoms with Crippen molar-refractivity contribution in [1.29, 1.82) is 0 Å². The molecule has 0 atom stereocenters. The highest BCUT2D eigenvalue weighted by Crippen LogP contribution is 2.33. The molecule has 0 aliphatic carbocycles. The van der Waals surface area contributed by atoms with Gasteiger partial charge in [-0.25, -0.2) is 9.67 Å². The van der Waals surface area contributed by atoms with Gasteiger partial charge in [-0.15, -0.1) is 0 Å². The SMILES string of the molecule is Cc1nc2c(cnn2C(C)C)cc1C(=O)Nc1cc(C(F)(F)F)ccc1I. The molecule has 2 heterocycles. The monoisotopic (exact) mass is 488 g/mol. The van der Waals surface area contributed by atoms with Gasteiger partial charge in [-0.3, -0.25) is 4.79 Å². The lowest BCUT2D eigenvalue weighted by atomic mass is 10.1. The van der Waals surface area contributed by atoms with Gasteiger partial charge in [-0.05, 0) is 67.6 Å². The van der Waals surface area contributed by atoms with Gasteiger partial charge < -0.3 is 5.32 Å². The average molecular weight is 488 g/mol. The summed E-state index contributed by atoms with van der Waals surface area (Å²) < 4.78 is 41.1. The molecule has 0 aliphatic rings. The van der Waals surface area contributed by atoms with E-state index in [9.17, 15) is 18.0 Å². The summed E-state index contributed by atoms with van der Waals surface area (Å²) in [6.45, 7) is 5.63. The third-order valence-electron chi connectivity index (χ3n) is 4.04. The fourth-order valence-corrected chi connectivity index (χ4v) is 3.13. The number of carbonyl (C=O) groups is 1. The second-order valence-corrected chi connectivity index (χ2v) is 7.53. The van der Waals surface area contributed by atoms with Gasteiger partial charge in [0.2, 0.25) is 0 Å². The van der Waals surface area contributed by atoms with Crippen molar-refractivity contribution in [3.63, 3.8) is 0 Å². The number of hydrogen-bond donors (Lipinski definition) is 1. The first-order chi connectivity index (χ1) is 12.6. The quantitative estimate of drug-likeness (QED) is 0.516. The van der Waals surface area contributed by atoms with Crippen LogP contribution in [0.5, 0.6) is 0 Å². The zero-order valence-electron chi connectivity index (χ0n) is 14.7. The normalized spacial score (nSPS) is 12.0. The number of rotatable bonds is 3. The molecular formula is C18H16F3IN4O. The number of nitrogens with zero attached hydrogens (tertiary/aromatic N) is 3. The third kappa shape index (κ3) is 3.92. The highest BCUT2D eigenvalue weighted by atomic mass is 127. The van der Waals surface area contributed by atoms with Gasteiger partial charge in [0.1, 0.15) is 0 Å². The maximum Gasteiger partial charge on any atom is 0.416 e. The Kier molecular flexibility index (Phi) is 5.15. The number of anilines is 1. The highest BCUT2D eigenvalue weighted by molar-refractivity contribution is 14.1. The predicted octanol–water partition coefficient (Wildman–Crippen LogP) is 5.20. The Labute approximate surface area is 167 Å². The largest absolute Gasteiger partial charge is 0.416 e. The minimum Gasteiger partial charge on any atom is -0.321 e. The van der Waals surface area contributed by atoms with Crippen LogP contribution in [0.25, 0.3) is 11.0 Å². The molecule has 0 bridgehead atoms. The second kappa shape index (κ2) is 7.10. The standard InChI is InChI=1S/C18H16F3IN4O/c1-9(2)26-16-11(8-23-26)6-13(10(3)24-16)17(27)25-15-7-12(18(19,20)21)4-5-14(15)22/h4-9H,1-3H3,(H,25,27). The molecule has 1 amide bonds. The summed E-state index contributed by atoms with van der Waals surface area (Å²) >= 11 is 1.88. The smallest absolute Gasteiger partial charge is 0.321 e. The van der Waals surface area contributed by atoms with E-state index in [1.54, 1.807) is 23.9 Å². The van der Waals surface area contributed by atoms with Crippen molar-refractivity contribution in [2.24, 2.45) is 0 Å². The van der Waals surface area contributed by atoms with Crippen LogP contribution in [-0.4, -0.2) is 20.7 Å². The molecule has 0 radical (unpaired) electrons. The molecule has 0 fully saturated rings. The molecular weight excluding hydrogens is 472 g/mol. The molecule has 0 aliphatic heterocycles. The van der Waals surface area contributed by atoms with Crippen molar-refractivity contribution in [2.45, 2.75) is 33.0 Å². The van der Waals surface area contributed by atoms with Gasteiger partial charge in [0.15, 0.2) is 5.65 Å². The molecule has 0 unspecified atom stereocenters. The topological polar surface area (TPSA) is 59.8 Å². The fraction of sp³-hybridized carbons (Fsp3) is 0.278. The summed E-state index contributed by atoms with van der Waals surface area (Å²) in [4.78, 5) is 17.1. The van der Waals surface area contributed by atoms with Gasteiger partial charge in [-0.2, -0.15) is 18.3 Å². The fourth-order valence-electron chi connectivity index (χ4n) is 2.66. The van der Waals surface area contributed by atoms with Crippen LogP contribution in [0.1, 0.15) is 41.5 Å². The zero-order valence-corrected chi connectivity index (χ0v) is 16.9. The van der Waals surface area contributed by atoms with Crippen LogP contribution in [-0.2, 0) is 6.18 Å². The summed E-state index contributed by atoms with van der Waals surface area (Å²) in [7, 11) is 0. The van der Waals surface area contributed by atoms with Crippen molar-refractivity contribution in [3.05, 3.63) is 50.9 Å². The molecule has 0 saturated heterocycles. The minimum atomic E-state index is -4.48. The molecule has 142 valence electrons. The third-order valence-corrected chi connectivity index (χ3v) is 4.98. The molecule has 5 nitrogen and oxygen atoms in total. The van der Waals surface area contributed by atoms with Crippen LogP contribution in [0.4, 0.5) is 18.9 Å². The Morgan fingerprint density at radius 3 is 2.59 bits per heavy atom. The first kappa shape index (κ1) is 19.6. The molecule has 0 saturated carbocycles. The van der Waals surface area contributed by atoms with Gasteiger partial charge in [-0.1, -0.05) is 0 Å². The number of pyridine rings is 1. The Morgan fingerprint density at radius 1 is 1.26 bits per heavy atom. The maximum atomic E-state index is 12.9. The minimum absolute atomic E-state index is 0.104. The molecule has 27 heavy (non-hydrogen) atoms. The van der Waals surface area contributed by atoms with Crippen LogP contribution in [0.2, 0.25) is 0 Å². The predicted molar refractivity (Wildman–Crippen MR) is 105 cm³/mol. The number of hydrogen-bond acceptors (Lipinski definition) is 3. The van der Waals surface area contributed by atoms with E-state index in [4.69, 9.17) is 0 Å². The highest BCUT2D eigenvalue weighted by Gasteiger charge is 2.31. The van der Waals surface area contributed by atoms with Crippen molar-refractivity contribution in [1.82, 2.24) is 14.8 Å². The molecule has 9 heteroatoms. The van der Waals surface area contributed by atoms with Crippen LogP contribution in [0.3, 0.4) is 0 Å². The number of amides is 1. The first-order valence-electron chi connectivity index (χ1n) is 8.11. The molecule has 1 N–H and O–H groups in total. The Bertz CT molecular complexity index is 1030. The number of nitrogens with one attached hydrogen (secondary N) is 1. The Balaban J connectivity index is 1.96. The van der Waals surface area contributed by atoms with E-state index < -0.39 is 17.6 Å². The summed E-state index contributed by atoms with van der Waals surface area (Å²) in [5, 5.41) is 7.52. The van der Waals surface area contributed by atoms with E-state index in [1.807, 2.05) is 36.4 Å². The van der Waals surface area contributed by atoms with Crippen LogP contribution in [0, 0.1) is 10.5 Å². The first-order valence-corrected chi connectivity index (χ1v) is 9.18. The van der Waals surface area contributed by atoms with Crippen molar-refractivity contribution in [2.75, 3.05) is 5.32 Å². The second-order valence-electron chi connectivity index (χ2n) is 6.36. The van der Waals surface area contributed by atoms with Gasteiger partial charge in [0, 0.05) is 15.0 Å². The van der Waals surface area contributed by atoms with Gasteiger partial charge in [0.25, 0.3) is 5.91 Å². The number of carbonyl (C=O) groups excluding carboxylic acids is 1. The van der Waals surface area contributed by atoms with Crippen LogP contribution >= 0.6 is 22.6 Å². The summed E-state index contributed by atoms with van der Waals surface area (Å²) in [6, 6.07) is 4.99. The molecule has 3 rings (SSSR count). The van der Waals surface area contributed by atoms with Gasteiger partial charge >= 0.3 is 6.18 Å². The van der Waals surface area contributed by atoms with E-state index in [0.29, 0.717) is 25.9 Å². The number of halogens is 4. The van der Waals surface area contributed by atoms with Crippen molar-refractivity contribution < 1.29 is 18.0 Å². The van der Waals surface area contributed by atoms with E-state index >= 15 is 0 Å². The number of benzene rings is 1. The number of alkyl halides is 3. The summed E-state index contributed by atoms with van der Waals surface area (Å²) in [5.41, 5.74) is 0.714. The van der Waals surface area contributed by atoms with E-state index in [1.165, 1.54) is 6.07 Å². The lowest BCUT2D eigenvalue weighted by Crippen LogP contribution is -2.16. The Morgan fingerprint density at radius 2 is 1.96 bits per heavy atom. The zero-order chi connectivity index (χ0) is 19.9. The molecule has 2 aromatic heterocycles. The van der Waals surface area contributed by atoms with Crippen molar-refractivity contribution >= 4 is 45.2 Å². The summed E-state index contributed by atoms with van der Waals surface area (Å²) in [6.07, 6.45) is -2.86. The molecule has 3 aromatic rings. The lowest BCUT2D eigenvalue weighted by Gasteiger charge is -2.13. The molecule has 0 spiro atoms. The number of fused-ring (bicyclic) bond motifs is 1. The van der Waals surface area contributed by atoms with E-state index in [-0.39, 0.29) is 11.7 Å². The number of aryl methyl sites for hydroxylation is 1. The van der Waals surface area contributed by atoms with Crippen LogP contribution in [0.15, 0.2) is 30.5 Å². The maximum absolute atomic E-state index is 12.9. The van der Waals surface area contributed by atoms with E-state index in [0.717, 1.165) is 12.1 Å². The Hall–Kier alpha value is -2.17. The van der Waals surface area contributed by atoms with E-state index in [2.05, 4.69) is 15.4 Å². The summed E-state index contributed by atoms with van der Waals surface area (Å²) in [5.74, 6) is -0.517. The number of aromatic nitrogens is 3. The lowest BCUT2D eigenvalue weighted by molar-refractivity contribution is -0.137. The van der Waals surface area contributed by atoms with Crippen molar-refractivity contribution in [3.8, 4) is 0 Å². The van der Waals surface area contributed by atoms with Gasteiger partial charge in [0.05, 0.1) is 28.7 Å².